The fourth-order valence-electron chi connectivity index (χ4n) is 3.94. The smallest absolute Gasteiger partial charge is 0.235 e. The molecule has 2 aromatic carbocycles. The van der Waals surface area contributed by atoms with E-state index in [0.717, 1.165) is 48.4 Å². The monoisotopic (exact) mass is 364 g/mol. The van der Waals surface area contributed by atoms with Gasteiger partial charge in [-0.25, -0.2) is 0 Å². The fourth-order valence-corrected chi connectivity index (χ4v) is 3.94. The lowest BCUT2D eigenvalue weighted by molar-refractivity contribution is -0.129. The van der Waals surface area contributed by atoms with Crippen LogP contribution in [0.2, 0.25) is 0 Å². The molecule has 27 heavy (non-hydrogen) atoms. The Morgan fingerprint density at radius 1 is 1.11 bits per heavy atom. The third-order valence-corrected chi connectivity index (χ3v) is 5.73. The van der Waals surface area contributed by atoms with E-state index in [-0.39, 0.29) is 11.8 Å². The molecule has 0 bridgehead atoms. The highest BCUT2D eigenvalue weighted by Gasteiger charge is 2.52. The Morgan fingerprint density at radius 3 is 2.59 bits per heavy atom. The Balaban J connectivity index is 1.55. The van der Waals surface area contributed by atoms with Gasteiger partial charge >= 0.3 is 0 Å². The van der Waals surface area contributed by atoms with E-state index in [0.29, 0.717) is 6.54 Å². The van der Waals surface area contributed by atoms with Gasteiger partial charge in [0.15, 0.2) is 0 Å². The number of benzene rings is 2. The van der Waals surface area contributed by atoms with Crippen LogP contribution in [-0.2, 0) is 28.0 Å². The lowest BCUT2D eigenvalue weighted by Gasteiger charge is -2.28. The van der Waals surface area contributed by atoms with E-state index in [9.17, 15) is 9.59 Å². The minimum Gasteiger partial charge on any atom is -0.496 e. The molecule has 2 amide bonds. The molecule has 1 fully saturated rings. The molecular formula is C22H24N2O3. The maximum Gasteiger partial charge on any atom is 0.235 e. The SMILES string of the molecule is COc1ccccc1C1(C(=O)Nc2ccc3c(c2)CN(C(C)=O)CC3)CC1. The molecule has 2 aliphatic rings. The molecule has 140 valence electrons. The summed E-state index contributed by atoms with van der Waals surface area (Å²) in [6.07, 6.45) is 2.50. The topological polar surface area (TPSA) is 58.6 Å². The van der Waals surface area contributed by atoms with E-state index in [1.807, 2.05) is 41.3 Å². The molecule has 0 aromatic heterocycles. The molecule has 4 rings (SSSR count). The first-order chi connectivity index (χ1) is 13.0. The molecule has 0 spiro atoms. The predicted octanol–water partition coefficient (Wildman–Crippen LogP) is 3.27. The summed E-state index contributed by atoms with van der Waals surface area (Å²) in [6, 6.07) is 13.8. The van der Waals surface area contributed by atoms with Crippen LogP contribution in [0.25, 0.3) is 0 Å². The fraction of sp³-hybridized carbons (Fsp3) is 0.364. The van der Waals surface area contributed by atoms with Gasteiger partial charge in [0.25, 0.3) is 0 Å². The number of amides is 2. The Hall–Kier alpha value is -2.82. The molecule has 0 atom stereocenters. The number of ether oxygens (including phenoxy) is 1. The molecule has 0 saturated heterocycles. The zero-order valence-corrected chi connectivity index (χ0v) is 15.7. The van der Waals surface area contributed by atoms with Crippen molar-refractivity contribution in [3.63, 3.8) is 0 Å². The van der Waals surface area contributed by atoms with Crippen LogP contribution in [0.5, 0.6) is 5.75 Å². The lowest BCUT2D eigenvalue weighted by atomic mass is 9.93. The van der Waals surface area contributed by atoms with Crippen LogP contribution in [0.3, 0.4) is 0 Å². The van der Waals surface area contributed by atoms with Crippen LogP contribution < -0.4 is 10.1 Å². The molecule has 1 N–H and O–H groups in total. The summed E-state index contributed by atoms with van der Waals surface area (Å²) >= 11 is 0. The number of carbonyl (C=O) groups is 2. The molecule has 1 saturated carbocycles. The van der Waals surface area contributed by atoms with Crippen molar-refractivity contribution in [2.24, 2.45) is 0 Å². The minimum atomic E-state index is -0.506. The van der Waals surface area contributed by atoms with Crippen LogP contribution in [0, 0.1) is 0 Å². The highest BCUT2D eigenvalue weighted by atomic mass is 16.5. The van der Waals surface area contributed by atoms with Crippen LogP contribution in [0.4, 0.5) is 5.69 Å². The van der Waals surface area contributed by atoms with Crippen molar-refractivity contribution in [1.82, 2.24) is 4.90 Å². The summed E-state index contributed by atoms with van der Waals surface area (Å²) in [7, 11) is 1.64. The molecular weight excluding hydrogens is 340 g/mol. The van der Waals surface area contributed by atoms with Crippen LogP contribution in [0.1, 0.15) is 36.5 Å². The van der Waals surface area contributed by atoms with Gasteiger partial charge in [0.1, 0.15) is 5.75 Å². The number of fused-ring (bicyclic) bond motifs is 1. The molecule has 5 heteroatoms. The van der Waals surface area contributed by atoms with Gasteiger partial charge in [-0.15, -0.1) is 0 Å². The van der Waals surface area contributed by atoms with Gasteiger partial charge in [-0.1, -0.05) is 24.3 Å². The quantitative estimate of drug-likeness (QED) is 0.906. The van der Waals surface area contributed by atoms with E-state index in [1.54, 1.807) is 14.0 Å². The first kappa shape index (κ1) is 17.6. The number of hydrogen-bond donors (Lipinski definition) is 1. The van der Waals surface area contributed by atoms with Crippen molar-refractivity contribution in [2.45, 2.75) is 38.1 Å². The van der Waals surface area contributed by atoms with E-state index in [2.05, 4.69) is 11.4 Å². The van der Waals surface area contributed by atoms with Crippen LogP contribution in [-0.4, -0.2) is 30.4 Å². The molecule has 5 nitrogen and oxygen atoms in total. The Kier molecular flexibility index (Phi) is 4.38. The minimum absolute atomic E-state index is 0.00573. The third kappa shape index (κ3) is 3.18. The lowest BCUT2D eigenvalue weighted by Crippen LogP contribution is -2.34. The number of carbonyl (C=O) groups excluding carboxylic acids is 2. The average Bonchev–Trinajstić information content (AvgIpc) is 3.49. The second-order valence-electron chi connectivity index (χ2n) is 7.41. The number of nitrogens with one attached hydrogen (secondary N) is 1. The van der Waals surface area contributed by atoms with Gasteiger partial charge < -0.3 is 15.0 Å². The highest BCUT2D eigenvalue weighted by Crippen LogP contribution is 2.52. The molecule has 0 unspecified atom stereocenters. The van der Waals surface area contributed by atoms with Gasteiger partial charge in [0, 0.05) is 31.3 Å². The van der Waals surface area contributed by atoms with Crippen molar-refractivity contribution >= 4 is 17.5 Å². The number of para-hydroxylation sites is 1. The number of nitrogens with zero attached hydrogens (tertiary/aromatic N) is 1. The molecule has 1 aliphatic carbocycles. The van der Waals surface area contributed by atoms with Gasteiger partial charge in [0.2, 0.25) is 11.8 Å². The summed E-state index contributed by atoms with van der Waals surface area (Å²) in [4.78, 5) is 26.6. The summed E-state index contributed by atoms with van der Waals surface area (Å²) in [6.45, 7) is 2.96. The highest BCUT2D eigenvalue weighted by molar-refractivity contribution is 6.02. The van der Waals surface area contributed by atoms with E-state index in [1.165, 1.54) is 5.56 Å². The predicted molar refractivity (Wildman–Crippen MR) is 104 cm³/mol. The molecule has 1 heterocycles. The van der Waals surface area contributed by atoms with E-state index in [4.69, 9.17) is 4.74 Å². The number of anilines is 1. The Labute approximate surface area is 159 Å². The Morgan fingerprint density at radius 2 is 1.89 bits per heavy atom. The Bertz CT molecular complexity index is 902. The van der Waals surface area contributed by atoms with Crippen molar-refractivity contribution < 1.29 is 14.3 Å². The molecule has 1 aliphatic heterocycles. The van der Waals surface area contributed by atoms with Gasteiger partial charge in [-0.3, -0.25) is 9.59 Å². The van der Waals surface area contributed by atoms with Crippen molar-refractivity contribution in [1.29, 1.82) is 0 Å². The molecule has 0 radical (unpaired) electrons. The van der Waals surface area contributed by atoms with Crippen molar-refractivity contribution in [3.05, 3.63) is 59.2 Å². The van der Waals surface area contributed by atoms with Crippen molar-refractivity contribution in [2.75, 3.05) is 19.0 Å². The summed E-state index contributed by atoms with van der Waals surface area (Å²) in [5, 5.41) is 3.09. The normalized spacial score (nSPS) is 17.0. The van der Waals surface area contributed by atoms with E-state index >= 15 is 0 Å². The van der Waals surface area contributed by atoms with Gasteiger partial charge in [-0.2, -0.15) is 0 Å². The summed E-state index contributed by atoms with van der Waals surface area (Å²) in [5.41, 5.74) is 3.58. The largest absolute Gasteiger partial charge is 0.496 e. The van der Waals surface area contributed by atoms with Crippen LogP contribution >= 0.6 is 0 Å². The van der Waals surface area contributed by atoms with Crippen LogP contribution in [0.15, 0.2) is 42.5 Å². The zero-order valence-electron chi connectivity index (χ0n) is 15.7. The summed E-state index contributed by atoms with van der Waals surface area (Å²) < 4.78 is 5.46. The average molecular weight is 364 g/mol. The van der Waals surface area contributed by atoms with Gasteiger partial charge in [0.05, 0.1) is 12.5 Å². The molecule has 2 aromatic rings. The van der Waals surface area contributed by atoms with Crippen molar-refractivity contribution in [3.8, 4) is 5.75 Å². The first-order valence-electron chi connectivity index (χ1n) is 9.36. The first-order valence-corrected chi connectivity index (χ1v) is 9.36. The number of rotatable bonds is 4. The summed E-state index contributed by atoms with van der Waals surface area (Å²) in [5.74, 6) is 0.849. The van der Waals surface area contributed by atoms with Gasteiger partial charge in [-0.05, 0) is 48.6 Å². The van der Waals surface area contributed by atoms with E-state index < -0.39 is 5.41 Å². The third-order valence-electron chi connectivity index (χ3n) is 5.73. The zero-order chi connectivity index (χ0) is 19.0. The maximum atomic E-state index is 13.1. The number of methoxy groups -OCH3 is 1. The maximum absolute atomic E-state index is 13.1. The second kappa shape index (κ2) is 6.72. The number of hydrogen-bond acceptors (Lipinski definition) is 3. The standard InChI is InChI=1S/C22H24N2O3/c1-15(25)24-12-9-16-7-8-18(13-17(16)14-24)23-21(26)22(10-11-22)19-5-3-4-6-20(19)27-2/h3-8,13H,9-12,14H2,1-2H3,(H,23,26). The second-order valence-corrected chi connectivity index (χ2v) is 7.41.